The van der Waals surface area contributed by atoms with Crippen molar-refractivity contribution >= 4 is 33.2 Å². The average Bonchev–Trinajstić information content (AvgIpc) is 2.82. The highest BCUT2D eigenvalue weighted by Gasteiger charge is 2.29. The van der Waals surface area contributed by atoms with Crippen LogP contribution in [0.3, 0.4) is 0 Å². The van der Waals surface area contributed by atoms with Crippen molar-refractivity contribution in [2.24, 2.45) is 0 Å². The van der Waals surface area contributed by atoms with Crippen LogP contribution in [0, 0.1) is 5.82 Å². The van der Waals surface area contributed by atoms with Gasteiger partial charge in [0.05, 0.1) is 17.7 Å². The topological polar surface area (TPSA) is 96.0 Å². The van der Waals surface area contributed by atoms with E-state index in [0.717, 1.165) is 28.6 Å². The summed E-state index contributed by atoms with van der Waals surface area (Å²) < 4.78 is 46.4. The lowest BCUT2D eigenvalue weighted by Crippen LogP contribution is -2.38. The van der Waals surface area contributed by atoms with Crippen LogP contribution >= 0.6 is 0 Å². The highest BCUT2D eigenvalue weighted by molar-refractivity contribution is 7.92. The zero-order chi connectivity index (χ0) is 24.9. The molecule has 0 saturated carbocycles. The number of halogens is 1. The number of methoxy groups -OCH3 is 1. The van der Waals surface area contributed by atoms with Gasteiger partial charge in [0.1, 0.15) is 18.1 Å². The normalized spacial score (nSPS) is 10.9. The third-order valence-corrected chi connectivity index (χ3v) is 6.64. The molecule has 0 aliphatic rings. The maximum atomic E-state index is 13.4. The van der Waals surface area contributed by atoms with E-state index in [0.29, 0.717) is 11.3 Å². The summed E-state index contributed by atoms with van der Waals surface area (Å²) in [6, 6.07) is 16.9. The molecule has 0 spiro atoms. The van der Waals surface area contributed by atoms with E-state index < -0.39 is 28.3 Å². The number of ether oxygens (including phenoxy) is 1. The molecule has 0 fully saturated rings. The highest BCUT2D eigenvalue weighted by Crippen LogP contribution is 2.32. The molecule has 2 amide bonds. The van der Waals surface area contributed by atoms with Crippen molar-refractivity contribution in [3.05, 3.63) is 84.2 Å². The van der Waals surface area contributed by atoms with Crippen LogP contribution in [0.2, 0.25) is 0 Å². The molecule has 0 aliphatic heterocycles. The van der Waals surface area contributed by atoms with Gasteiger partial charge >= 0.3 is 0 Å². The van der Waals surface area contributed by atoms with Crippen molar-refractivity contribution < 1.29 is 27.1 Å². The highest BCUT2D eigenvalue weighted by atomic mass is 32.2. The maximum Gasteiger partial charge on any atom is 0.264 e. The minimum Gasteiger partial charge on any atom is -0.495 e. The first-order valence-corrected chi connectivity index (χ1v) is 11.6. The van der Waals surface area contributed by atoms with Crippen LogP contribution in [0.5, 0.6) is 5.75 Å². The lowest BCUT2D eigenvalue weighted by Gasteiger charge is -2.25. The quantitative estimate of drug-likeness (QED) is 0.528. The van der Waals surface area contributed by atoms with Gasteiger partial charge in [0, 0.05) is 25.3 Å². The molecule has 0 saturated heterocycles. The van der Waals surface area contributed by atoms with Crippen molar-refractivity contribution in [1.82, 2.24) is 4.90 Å². The van der Waals surface area contributed by atoms with Crippen LogP contribution in [-0.4, -0.2) is 52.9 Å². The van der Waals surface area contributed by atoms with Crippen LogP contribution in [0.4, 0.5) is 15.8 Å². The second kappa shape index (κ2) is 10.3. The Labute approximate surface area is 197 Å². The Bertz CT molecular complexity index is 1280. The molecule has 8 nitrogen and oxygen atoms in total. The Morgan fingerprint density at radius 1 is 0.941 bits per heavy atom. The number of amides is 2. The van der Waals surface area contributed by atoms with E-state index in [-0.39, 0.29) is 22.2 Å². The van der Waals surface area contributed by atoms with E-state index in [1.807, 2.05) is 0 Å². The molecule has 3 rings (SSSR count). The summed E-state index contributed by atoms with van der Waals surface area (Å²) in [6.45, 7) is -0.571. The van der Waals surface area contributed by atoms with Gasteiger partial charge in [-0.2, -0.15) is 0 Å². The van der Waals surface area contributed by atoms with Crippen LogP contribution in [0.1, 0.15) is 10.4 Å². The minimum atomic E-state index is -4.24. The molecule has 1 N–H and O–H groups in total. The van der Waals surface area contributed by atoms with E-state index >= 15 is 0 Å². The number of rotatable bonds is 8. The first kappa shape index (κ1) is 24.7. The molecule has 10 heteroatoms. The van der Waals surface area contributed by atoms with Crippen molar-refractivity contribution in [3.8, 4) is 5.75 Å². The van der Waals surface area contributed by atoms with Gasteiger partial charge < -0.3 is 15.0 Å². The minimum absolute atomic E-state index is 0.149. The molecule has 0 bridgehead atoms. The first-order chi connectivity index (χ1) is 16.1. The third kappa shape index (κ3) is 5.52. The van der Waals surface area contributed by atoms with Crippen molar-refractivity contribution in [1.29, 1.82) is 0 Å². The number of para-hydroxylation sites is 2. The molecular formula is C24H24FN3O5S. The monoisotopic (exact) mass is 485 g/mol. The molecule has 0 aromatic heterocycles. The van der Waals surface area contributed by atoms with Gasteiger partial charge in [-0.1, -0.05) is 12.1 Å². The number of hydrogen-bond donors (Lipinski definition) is 1. The second-order valence-electron chi connectivity index (χ2n) is 7.46. The molecular weight excluding hydrogens is 461 g/mol. The molecule has 0 unspecified atom stereocenters. The molecule has 0 atom stereocenters. The number of carbonyl (C=O) groups is 2. The molecule has 0 heterocycles. The average molecular weight is 486 g/mol. The number of sulfonamides is 1. The summed E-state index contributed by atoms with van der Waals surface area (Å²) in [7, 11) is 0.406. The number of nitrogens with one attached hydrogen (secondary N) is 1. The van der Waals surface area contributed by atoms with Crippen LogP contribution in [0.15, 0.2) is 77.7 Å². The Morgan fingerprint density at radius 2 is 1.56 bits per heavy atom. The molecule has 178 valence electrons. The number of hydrogen-bond acceptors (Lipinski definition) is 5. The fourth-order valence-corrected chi connectivity index (χ4v) is 4.59. The summed E-state index contributed by atoms with van der Waals surface area (Å²) in [5, 5.41) is 2.64. The lowest BCUT2D eigenvalue weighted by atomic mass is 10.2. The van der Waals surface area contributed by atoms with Gasteiger partial charge in [-0.05, 0) is 60.7 Å². The van der Waals surface area contributed by atoms with E-state index in [1.54, 1.807) is 56.6 Å². The van der Waals surface area contributed by atoms with Gasteiger partial charge in [0.2, 0.25) is 5.91 Å². The fraction of sp³-hybridized carbons (Fsp3) is 0.167. The van der Waals surface area contributed by atoms with Gasteiger partial charge in [0.25, 0.3) is 15.9 Å². The SMILES string of the molecule is COc1ccccc1N(CC(=O)Nc1ccc(C(=O)N(C)C)cc1)S(=O)(=O)c1ccc(F)cc1. The van der Waals surface area contributed by atoms with Crippen LogP contribution in [0.25, 0.3) is 0 Å². The number of benzene rings is 3. The zero-order valence-electron chi connectivity index (χ0n) is 18.9. The maximum absolute atomic E-state index is 13.4. The third-order valence-electron chi connectivity index (χ3n) is 4.86. The van der Waals surface area contributed by atoms with E-state index in [9.17, 15) is 22.4 Å². The molecule has 0 radical (unpaired) electrons. The Kier molecular flexibility index (Phi) is 7.52. The van der Waals surface area contributed by atoms with Crippen molar-refractivity contribution in [2.45, 2.75) is 4.90 Å². The summed E-state index contributed by atoms with van der Waals surface area (Å²) in [5.74, 6) is -1.15. The predicted molar refractivity (Wildman–Crippen MR) is 127 cm³/mol. The number of nitrogens with zero attached hydrogens (tertiary/aromatic N) is 2. The Hall–Kier alpha value is -3.92. The van der Waals surface area contributed by atoms with Gasteiger partial charge in [-0.15, -0.1) is 0 Å². The standard InChI is InChI=1S/C24H24FN3O5S/c1-27(2)24(30)17-8-12-19(13-9-17)26-23(29)16-28(21-6-4-5-7-22(21)33-3)34(31,32)20-14-10-18(25)11-15-20/h4-15H,16H2,1-3H3,(H,26,29). The van der Waals surface area contributed by atoms with Crippen LogP contribution < -0.4 is 14.4 Å². The van der Waals surface area contributed by atoms with Crippen LogP contribution in [-0.2, 0) is 14.8 Å². The number of anilines is 2. The van der Waals surface area contributed by atoms with E-state index in [4.69, 9.17) is 4.74 Å². The Morgan fingerprint density at radius 3 is 2.15 bits per heavy atom. The van der Waals surface area contributed by atoms with Gasteiger partial charge in [-0.25, -0.2) is 12.8 Å². The fourth-order valence-electron chi connectivity index (χ4n) is 3.15. The summed E-state index contributed by atoms with van der Waals surface area (Å²) in [6.07, 6.45) is 0. The lowest BCUT2D eigenvalue weighted by molar-refractivity contribution is -0.114. The summed E-state index contributed by atoms with van der Waals surface area (Å²) in [4.78, 5) is 26.1. The summed E-state index contributed by atoms with van der Waals surface area (Å²) in [5.41, 5.74) is 0.980. The largest absolute Gasteiger partial charge is 0.495 e. The molecule has 3 aromatic carbocycles. The second-order valence-corrected chi connectivity index (χ2v) is 9.32. The predicted octanol–water partition coefficient (Wildman–Crippen LogP) is 3.37. The molecule has 0 aliphatic carbocycles. The van der Waals surface area contributed by atoms with Crippen molar-refractivity contribution in [3.63, 3.8) is 0 Å². The zero-order valence-corrected chi connectivity index (χ0v) is 19.7. The van der Waals surface area contributed by atoms with Gasteiger partial charge in [0.15, 0.2) is 0 Å². The van der Waals surface area contributed by atoms with E-state index in [2.05, 4.69) is 5.32 Å². The van der Waals surface area contributed by atoms with E-state index in [1.165, 1.54) is 18.1 Å². The Balaban J connectivity index is 1.91. The smallest absolute Gasteiger partial charge is 0.264 e. The molecule has 34 heavy (non-hydrogen) atoms. The molecule has 3 aromatic rings. The van der Waals surface area contributed by atoms with Crippen molar-refractivity contribution in [2.75, 3.05) is 37.4 Å². The first-order valence-electron chi connectivity index (χ1n) is 10.2. The number of carbonyl (C=O) groups excluding carboxylic acids is 2. The summed E-state index contributed by atoms with van der Waals surface area (Å²) >= 11 is 0. The van der Waals surface area contributed by atoms with Gasteiger partial charge in [-0.3, -0.25) is 13.9 Å².